The lowest BCUT2D eigenvalue weighted by molar-refractivity contribution is -0.122. The molecule has 0 amide bonds. The van der Waals surface area contributed by atoms with E-state index >= 15 is 0 Å². The maximum absolute atomic E-state index is 13.1. The van der Waals surface area contributed by atoms with Crippen molar-refractivity contribution >= 4 is 31.6 Å². The standard InChI is InChI=1S/C15H16BrF3N2O2S/c16-11-1-2-12-10(3-11)7-21(24(22,23)15(17,18)19)8-13(20-12)14-4-9(5-14)6-14/h1-3,9,13,20H,4-8H2. The van der Waals surface area contributed by atoms with Crippen LogP contribution in [0.5, 0.6) is 0 Å². The second-order valence-corrected chi connectivity index (χ2v) is 9.93. The number of rotatable bonds is 2. The number of benzene rings is 1. The van der Waals surface area contributed by atoms with Crippen molar-refractivity contribution in [1.82, 2.24) is 4.31 Å². The van der Waals surface area contributed by atoms with E-state index in [1.807, 2.05) is 0 Å². The van der Waals surface area contributed by atoms with Crippen molar-refractivity contribution in [3.05, 3.63) is 28.2 Å². The zero-order chi connectivity index (χ0) is 17.3. The Labute approximate surface area is 146 Å². The summed E-state index contributed by atoms with van der Waals surface area (Å²) < 4.78 is 64.5. The van der Waals surface area contributed by atoms with Crippen molar-refractivity contribution in [2.45, 2.75) is 37.4 Å². The summed E-state index contributed by atoms with van der Waals surface area (Å²) in [7, 11) is -5.36. The summed E-state index contributed by atoms with van der Waals surface area (Å²) in [6.07, 6.45) is 2.91. The molecule has 4 aliphatic rings. The molecule has 4 nitrogen and oxygen atoms in total. The zero-order valence-electron chi connectivity index (χ0n) is 12.6. The molecule has 3 saturated carbocycles. The first-order valence-electron chi connectivity index (χ1n) is 7.72. The average Bonchev–Trinajstić information content (AvgIpc) is 2.53. The summed E-state index contributed by atoms with van der Waals surface area (Å²) in [5.74, 6) is 0.659. The van der Waals surface area contributed by atoms with Crippen LogP contribution >= 0.6 is 15.9 Å². The van der Waals surface area contributed by atoms with Gasteiger partial charge in [-0.2, -0.15) is 17.5 Å². The second-order valence-electron chi connectivity index (χ2n) is 7.08. The van der Waals surface area contributed by atoms with E-state index in [0.29, 0.717) is 25.9 Å². The molecule has 0 radical (unpaired) electrons. The van der Waals surface area contributed by atoms with Crippen molar-refractivity contribution in [3.8, 4) is 0 Å². The van der Waals surface area contributed by atoms with E-state index in [2.05, 4.69) is 21.2 Å². The molecule has 5 rings (SSSR count). The van der Waals surface area contributed by atoms with E-state index in [0.717, 1.165) is 19.3 Å². The van der Waals surface area contributed by atoms with Crippen LogP contribution in [-0.2, 0) is 16.6 Å². The topological polar surface area (TPSA) is 49.4 Å². The predicted octanol–water partition coefficient (Wildman–Crippen LogP) is 3.69. The van der Waals surface area contributed by atoms with Gasteiger partial charge in [-0.25, -0.2) is 8.42 Å². The van der Waals surface area contributed by atoms with Crippen LogP contribution in [0.25, 0.3) is 0 Å². The second kappa shape index (κ2) is 5.11. The molecule has 132 valence electrons. The summed E-state index contributed by atoms with van der Waals surface area (Å²) in [4.78, 5) is 0. The molecule has 2 bridgehead atoms. The maximum Gasteiger partial charge on any atom is 0.511 e. The van der Waals surface area contributed by atoms with Gasteiger partial charge < -0.3 is 5.32 Å². The van der Waals surface area contributed by atoms with Gasteiger partial charge in [0.15, 0.2) is 0 Å². The Bertz CT molecular complexity index is 779. The SMILES string of the molecule is O=S(=O)(N1Cc2cc(Br)ccc2NC(C23CC(C2)C3)C1)C(F)(F)F. The van der Waals surface area contributed by atoms with Gasteiger partial charge in [0.2, 0.25) is 0 Å². The fourth-order valence-corrected chi connectivity index (χ4v) is 5.53. The quantitative estimate of drug-likeness (QED) is 0.787. The summed E-state index contributed by atoms with van der Waals surface area (Å²) in [5.41, 5.74) is -4.08. The van der Waals surface area contributed by atoms with Crippen LogP contribution in [0.4, 0.5) is 18.9 Å². The van der Waals surface area contributed by atoms with Gasteiger partial charge in [-0.1, -0.05) is 15.9 Å². The summed E-state index contributed by atoms with van der Waals surface area (Å²) >= 11 is 3.30. The fourth-order valence-electron chi connectivity index (χ4n) is 4.17. The van der Waals surface area contributed by atoms with Crippen LogP contribution in [0.3, 0.4) is 0 Å². The monoisotopic (exact) mass is 424 g/mol. The Morgan fingerprint density at radius 1 is 1.25 bits per heavy atom. The van der Waals surface area contributed by atoms with Crippen molar-refractivity contribution in [2.75, 3.05) is 11.9 Å². The van der Waals surface area contributed by atoms with Gasteiger partial charge in [-0.05, 0) is 54.4 Å². The largest absolute Gasteiger partial charge is 0.511 e. The first kappa shape index (κ1) is 16.7. The number of hydrogen-bond donors (Lipinski definition) is 1. The van der Waals surface area contributed by atoms with Crippen LogP contribution in [0.1, 0.15) is 24.8 Å². The first-order valence-corrected chi connectivity index (χ1v) is 9.95. The molecule has 0 spiro atoms. The Morgan fingerprint density at radius 2 is 1.92 bits per heavy atom. The smallest absolute Gasteiger partial charge is 0.380 e. The summed E-state index contributed by atoms with van der Waals surface area (Å²) in [6.45, 7) is -0.430. The maximum atomic E-state index is 13.1. The highest BCUT2D eigenvalue weighted by Gasteiger charge is 2.62. The number of hydrogen-bond acceptors (Lipinski definition) is 3. The summed E-state index contributed by atoms with van der Waals surface area (Å²) in [5, 5.41) is 3.33. The highest BCUT2D eigenvalue weighted by Crippen LogP contribution is 2.66. The molecule has 1 aromatic rings. The Hall–Kier alpha value is -0.800. The molecule has 1 heterocycles. The molecule has 1 unspecified atom stereocenters. The number of nitrogens with zero attached hydrogens (tertiary/aromatic N) is 1. The molecule has 1 atom stereocenters. The third kappa shape index (κ3) is 2.39. The van der Waals surface area contributed by atoms with Crippen LogP contribution in [0.2, 0.25) is 0 Å². The Morgan fingerprint density at radius 3 is 2.46 bits per heavy atom. The van der Waals surface area contributed by atoms with E-state index in [1.165, 1.54) is 0 Å². The molecule has 9 heteroatoms. The Balaban J connectivity index is 1.74. The molecule has 3 fully saturated rings. The summed E-state index contributed by atoms with van der Waals surface area (Å²) in [6, 6.07) is 4.98. The van der Waals surface area contributed by atoms with Gasteiger partial charge in [0.25, 0.3) is 0 Å². The molecular weight excluding hydrogens is 409 g/mol. The number of anilines is 1. The lowest BCUT2D eigenvalue weighted by Gasteiger charge is -2.65. The minimum absolute atomic E-state index is 0.0568. The van der Waals surface area contributed by atoms with Crippen molar-refractivity contribution in [1.29, 1.82) is 0 Å². The predicted molar refractivity (Wildman–Crippen MR) is 86.7 cm³/mol. The van der Waals surface area contributed by atoms with Crippen LogP contribution < -0.4 is 5.32 Å². The number of halogens is 4. The van der Waals surface area contributed by atoms with Crippen LogP contribution in [-0.4, -0.2) is 30.8 Å². The van der Waals surface area contributed by atoms with Gasteiger partial charge in [-0.15, -0.1) is 0 Å². The normalized spacial score (nSPS) is 32.8. The molecule has 1 aromatic carbocycles. The lowest BCUT2D eigenvalue weighted by Crippen LogP contribution is -2.63. The molecular formula is C15H16BrF3N2O2S. The van der Waals surface area contributed by atoms with Gasteiger partial charge in [0.05, 0.1) is 0 Å². The van der Waals surface area contributed by atoms with E-state index in [9.17, 15) is 21.6 Å². The minimum atomic E-state index is -5.36. The molecule has 0 aromatic heterocycles. The lowest BCUT2D eigenvalue weighted by atomic mass is 9.42. The highest BCUT2D eigenvalue weighted by atomic mass is 79.9. The molecule has 0 saturated heterocycles. The van der Waals surface area contributed by atoms with E-state index in [4.69, 9.17) is 0 Å². The average molecular weight is 425 g/mol. The number of sulfonamides is 1. The molecule has 3 aliphatic carbocycles. The third-order valence-electron chi connectivity index (χ3n) is 5.59. The van der Waals surface area contributed by atoms with E-state index < -0.39 is 15.5 Å². The Kier molecular flexibility index (Phi) is 3.54. The molecule has 1 N–H and O–H groups in total. The van der Waals surface area contributed by atoms with Gasteiger partial charge in [0.1, 0.15) is 0 Å². The van der Waals surface area contributed by atoms with Crippen molar-refractivity contribution in [2.24, 2.45) is 11.3 Å². The van der Waals surface area contributed by atoms with Gasteiger partial charge >= 0.3 is 15.5 Å². The fraction of sp³-hybridized carbons (Fsp3) is 0.600. The molecule has 24 heavy (non-hydrogen) atoms. The highest BCUT2D eigenvalue weighted by molar-refractivity contribution is 9.10. The zero-order valence-corrected chi connectivity index (χ0v) is 15.0. The van der Waals surface area contributed by atoms with Crippen LogP contribution in [0.15, 0.2) is 22.7 Å². The third-order valence-corrected chi connectivity index (χ3v) is 7.62. The molecule has 1 aliphatic heterocycles. The van der Waals surface area contributed by atoms with Crippen molar-refractivity contribution < 1.29 is 21.6 Å². The van der Waals surface area contributed by atoms with E-state index in [-0.39, 0.29) is 24.5 Å². The minimum Gasteiger partial charge on any atom is -0.380 e. The van der Waals surface area contributed by atoms with Crippen LogP contribution in [0, 0.1) is 11.3 Å². The van der Waals surface area contributed by atoms with Gasteiger partial charge in [0, 0.05) is 29.3 Å². The first-order chi connectivity index (χ1) is 11.1. The van der Waals surface area contributed by atoms with Crippen molar-refractivity contribution in [3.63, 3.8) is 0 Å². The van der Waals surface area contributed by atoms with E-state index in [1.54, 1.807) is 18.2 Å². The number of alkyl halides is 3. The number of fused-ring (bicyclic) bond motifs is 1. The number of nitrogens with one attached hydrogen (secondary N) is 1. The van der Waals surface area contributed by atoms with Gasteiger partial charge in [-0.3, -0.25) is 0 Å².